The van der Waals surface area contributed by atoms with Crippen LogP contribution in [0.5, 0.6) is 0 Å². The molecule has 3 rings (SSSR count). The Bertz CT molecular complexity index is 1120. The summed E-state index contributed by atoms with van der Waals surface area (Å²) < 4.78 is 0. The Morgan fingerprint density at radius 2 is 1.91 bits per heavy atom. The number of nitrogens with zero attached hydrogens (tertiary/aromatic N) is 4. The minimum absolute atomic E-state index is 0.0908. The predicted molar refractivity (Wildman–Crippen MR) is 117 cm³/mol. The molecule has 1 aliphatic rings. The number of hydrogen-bond donors (Lipinski definition) is 1. The van der Waals surface area contributed by atoms with E-state index in [0.717, 1.165) is 0 Å². The van der Waals surface area contributed by atoms with Crippen molar-refractivity contribution in [3.05, 3.63) is 64.7 Å². The lowest BCUT2D eigenvalue weighted by Gasteiger charge is -2.24. The van der Waals surface area contributed by atoms with Crippen molar-refractivity contribution in [1.29, 1.82) is 10.5 Å². The van der Waals surface area contributed by atoms with Crippen LogP contribution < -0.4 is 5.32 Å². The zero-order chi connectivity index (χ0) is 23.3. The SMILES string of the molecule is CN(CC(=O)N1CC(C(=O)Nc2ccccc2)CC1C#N)C(=O)c1cc(Cl)cc(C#N)c1. The van der Waals surface area contributed by atoms with Crippen LogP contribution in [0, 0.1) is 28.6 Å². The maximum absolute atomic E-state index is 12.8. The highest BCUT2D eigenvalue weighted by Gasteiger charge is 2.39. The highest BCUT2D eigenvalue weighted by Crippen LogP contribution is 2.25. The number of halogens is 1. The third-order valence-electron chi connectivity index (χ3n) is 5.18. The van der Waals surface area contributed by atoms with Gasteiger partial charge in [-0.3, -0.25) is 14.4 Å². The van der Waals surface area contributed by atoms with E-state index in [4.69, 9.17) is 16.9 Å². The van der Waals surface area contributed by atoms with E-state index in [1.54, 1.807) is 24.3 Å². The number of anilines is 1. The molecular formula is C23H20ClN5O3. The molecule has 0 aliphatic carbocycles. The second-order valence-corrected chi connectivity index (χ2v) is 7.92. The summed E-state index contributed by atoms with van der Waals surface area (Å²) in [5.41, 5.74) is 1.05. The van der Waals surface area contributed by atoms with Gasteiger partial charge in [-0.05, 0) is 36.8 Å². The molecule has 1 heterocycles. The molecule has 3 amide bonds. The van der Waals surface area contributed by atoms with E-state index >= 15 is 0 Å². The van der Waals surface area contributed by atoms with Crippen LogP contribution in [-0.2, 0) is 9.59 Å². The van der Waals surface area contributed by atoms with Crippen molar-refractivity contribution >= 4 is 35.0 Å². The van der Waals surface area contributed by atoms with Crippen LogP contribution >= 0.6 is 11.6 Å². The van der Waals surface area contributed by atoms with E-state index in [-0.39, 0.29) is 41.6 Å². The Hall–Kier alpha value is -3.88. The summed E-state index contributed by atoms with van der Waals surface area (Å²) in [7, 11) is 1.45. The minimum atomic E-state index is -0.756. The largest absolute Gasteiger partial charge is 0.332 e. The zero-order valence-electron chi connectivity index (χ0n) is 17.3. The summed E-state index contributed by atoms with van der Waals surface area (Å²) in [6, 6.07) is 16.4. The summed E-state index contributed by atoms with van der Waals surface area (Å²) >= 11 is 5.96. The molecule has 2 aromatic rings. The number of para-hydroxylation sites is 1. The van der Waals surface area contributed by atoms with Crippen LogP contribution in [0.2, 0.25) is 5.02 Å². The Labute approximate surface area is 190 Å². The van der Waals surface area contributed by atoms with Crippen LogP contribution in [0.4, 0.5) is 5.69 Å². The molecule has 8 nitrogen and oxygen atoms in total. The number of likely N-dealkylation sites (tertiary alicyclic amines) is 1. The number of likely N-dealkylation sites (N-methyl/N-ethyl adjacent to an activating group) is 1. The van der Waals surface area contributed by atoms with Crippen LogP contribution in [0.3, 0.4) is 0 Å². The first-order chi connectivity index (χ1) is 15.3. The number of amides is 3. The molecule has 0 aromatic heterocycles. The highest BCUT2D eigenvalue weighted by atomic mass is 35.5. The van der Waals surface area contributed by atoms with E-state index in [1.807, 2.05) is 12.1 Å². The fraction of sp³-hybridized carbons (Fsp3) is 0.261. The molecule has 9 heteroatoms. The van der Waals surface area contributed by atoms with Gasteiger partial charge in [0.2, 0.25) is 11.8 Å². The third kappa shape index (κ3) is 5.23. The van der Waals surface area contributed by atoms with E-state index in [0.29, 0.717) is 5.69 Å². The summed E-state index contributed by atoms with van der Waals surface area (Å²) in [6.07, 6.45) is 0.221. The molecule has 1 saturated heterocycles. The topological polar surface area (TPSA) is 117 Å². The number of nitriles is 2. The zero-order valence-corrected chi connectivity index (χ0v) is 18.0. The van der Waals surface area contributed by atoms with Gasteiger partial charge in [-0.25, -0.2) is 0 Å². The normalized spacial score (nSPS) is 17.2. The second kappa shape index (κ2) is 9.95. The second-order valence-electron chi connectivity index (χ2n) is 7.48. The van der Waals surface area contributed by atoms with Gasteiger partial charge in [-0.2, -0.15) is 10.5 Å². The molecular weight excluding hydrogens is 430 g/mol. The lowest BCUT2D eigenvalue weighted by Crippen LogP contribution is -2.43. The smallest absolute Gasteiger partial charge is 0.254 e. The number of nitrogens with one attached hydrogen (secondary N) is 1. The Balaban J connectivity index is 1.65. The molecule has 0 spiro atoms. The van der Waals surface area contributed by atoms with Gasteiger partial charge in [0.25, 0.3) is 5.91 Å². The number of rotatable bonds is 5. The summed E-state index contributed by atoms with van der Waals surface area (Å²) in [6.45, 7) is -0.189. The van der Waals surface area contributed by atoms with Crippen molar-refractivity contribution < 1.29 is 14.4 Å². The van der Waals surface area contributed by atoms with Crippen molar-refractivity contribution in [2.45, 2.75) is 12.5 Å². The average Bonchev–Trinajstić information content (AvgIpc) is 3.23. The van der Waals surface area contributed by atoms with Gasteiger partial charge in [0.05, 0.1) is 30.2 Å². The van der Waals surface area contributed by atoms with Crippen molar-refractivity contribution in [2.75, 3.05) is 25.5 Å². The molecule has 2 unspecified atom stereocenters. The Morgan fingerprint density at radius 1 is 1.19 bits per heavy atom. The van der Waals surface area contributed by atoms with Gasteiger partial charge >= 0.3 is 0 Å². The maximum atomic E-state index is 12.8. The molecule has 1 aliphatic heterocycles. The third-order valence-corrected chi connectivity index (χ3v) is 5.39. The first-order valence-corrected chi connectivity index (χ1v) is 10.2. The van der Waals surface area contributed by atoms with E-state index < -0.39 is 23.8 Å². The molecule has 2 atom stereocenters. The molecule has 32 heavy (non-hydrogen) atoms. The maximum Gasteiger partial charge on any atom is 0.254 e. The quantitative estimate of drug-likeness (QED) is 0.752. The molecule has 162 valence electrons. The minimum Gasteiger partial charge on any atom is -0.332 e. The first-order valence-electron chi connectivity index (χ1n) is 9.83. The van der Waals surface area contributed by atoms with Crippen LogP contribution in [0.1, 0.15) is 22.3 Å². The monoisotopic (exact) mass is 449 g/mol. The van der Waals surface area contributed by atoms with Crippen LogP contribution in [0.25, 0.3) is 0 Å². The number of carbonyl (C=O) groups excluding carboxylic acids is 3. The standard InChI is InChI=1S/C23H20ClN5O3/c1-28(23(32)16-7-15(11-25)8-18(24)9-16)14-21(30)29-13-17(10-20(29)12-26)22(31)27-19-5-3-2-4-6-19/h2-9,17,20H,10,13-14H2,1H3,(H,27,31). The number of benzene rings is 2. The molecule has 2 aromatic carbocycles. The van der Waals surface area contributed by atoms with E-state index in [9.17, 15) is 19.6 Å². The van der Waals surface area contributed by atoms with Gasteiger partial charge in [-0.1, -0.05) is 29.8 Å². The highest BCUT2D eigenvalue weighted by molar-refractivity contribution is 6.31. The molecule has 0 radical (unpaired) electrons. The lowest BCUT2D eigenvalue weighted by atomic mass is 10.1. The van der Waals surface area contributed by atoms with Gasteiger partial charge in [0.15, 0.2) is 0 Å². The number of hydrogen-bond acceptors (Lipinski definition) is 5. The van der Waals surface area contributed by atoms with Gasteiger partial charge in [-0.15, -0.1) is 0 Å². The first kappa shape index (κ1) is 22.8. The fourth-order valence-corrected chi connectivity index (χ4v) is 3.79. The molecule has 1 N–H and O–H groups in total. The van der Waals surface area contributed by atoms with Gasteiger partial charge < -0.3 is 15.1 Å². The Kier molecular flexibility index (Phi) is 7.09. The molecule has 1 fully saturated rings. The van der Waals surface area contributed by atoms with Gasteiger partial charge in [0.1, 0.15) is 6.04 Å². The van der Waals surface area contributed by atoms with Crippen LogP contribution in [-0.4, -0.2) is 53.7 Å². The predicted octanol–water partition coefficient (Wildman–Crippen LogP) is 2.66. The number of carbonyl (C=O) groups is 3. The van der Waals surface area contributed by atoms with Crippen molar-refractivity contribution in [1.82, 2.24) is 9.80 Å². The van der Waals surface area contributed by atoms with Crippen molar-refractivity contribution in [2.24, 2.45) is 5.92 Å². The van der Waals surface area contributed by atoms with E-state index in [2.05, 4.69) is 11.4 Å². The van der Waals surface area contributed by atoms with Crippen LogP contribution in [0.15, 0.2) is 48.5 Å². The summed E-state index contributed by atoms with van der Waals surface area (Å²) in [4.78, 5) is 40.7. The molecule has 0 bridgehead atoms. The average molecular weight is 450 g/mol. The van der Waals surface area contributed by atoms with E-state index in [1.165, 1.54) is 35.0 Å². The van der Waals surface area contributed by atoms with Crippen molar-refractivity contribution in [3.8, 4) is 12.1 Å². The summed E-state index contributed by atoms with van der Waals surface area (Å²) in [5.74, 6) is -1.72. The van der Waals surface area contributed by atoms with Crippen molar-refractivity contribution in [3.63, 3.8) is 0 Å². The summed E-state index contributed by atoms with van der Waals surface area (Å²) in [5, 5.41) is 21.6. The Morgan fingerprint density at radius 3 is 2.56 bits per heavy atom. The van der Waals surface area contributed by atoms with Gasteiger partial charge in [0, 0.05) is 29.9 Å². The molecule has 0 saturated carbocycles. The fourth-order valence-electron chi connectivity index (χ4n) is 3.55. The lowest BCUT2D eigenvalue weighted by molar-refractivity contribution is -0.131.